The number of hydrogen-bond acceptors (Lipinski definition) is 0. The summed E-state index contributed by atoms with van der Waals surface area (Å²) in [5.41, 5.74) is 1.58. The number of benzene rings is 1. The zero-order valence-electron chi connectivity index (χ0n) is 9.43. The molecule has 1 aromatic carbocycles. The van der Waals surface area contributed by atoms with E-state index in [4.69, 9.17) is 34.8 Å². The van der Waals surface area contributed by atoms with Crippen LogP contribution in [0.5, 0.6) is 0 Å². The van der Waals surface area contributed by atoms with E-state index in [1.165, 1.54) is 6.42 Å². The first kappa shape index (κ1) is 12.5. The lowest BCUT2D eigenvalue weighted by Gasteiger charge is -2.11. The van der Waals surface area contributed by atoms with Crippen LogP contribution in [0, 0.1) is 11.3 Å². The fourth-order valence-electron chi connectivity index (χ4n) is 2.16. The molecule has 2 rings (SSSR count). The van der Waals surface area contributed by atoms with Gasteiger partial charge in [0.05, 0.1) is 10.0 Å². The van der Waals surface area contributed by atoms with Gasteiger partial charge in [0, 0.05) is 5.38 Å². The summed E-state index contributed by atoms with van der Waals surface area (Å²) in [7, 11) is 0. The average molecular weight is 278 g/mol. The Balaban J connectivity index is 2.02. The first-order valence-corrected chi connectivity index (χ1v) is 6.67. The molecule has 0 aliphatic heterocycles. The van der Waals surface area contributed by atoms with E-state index in [1.807, 2.05) is 18.2 Å². The molecule has 1 aliphatic carbocycles. The zero-order valence-corrected chi connectivity index (χ0v) is 11.7. The normalized spacial score (nSPS) is 24.2. The molecule has 2 unspecified atom stereocenters. The highest BCUT2D eigenvalue weighted by Crippen LogP contribution is 2.55. The molecule has 0 nitrogen and oxygen atoms in total. The molecule has 1 aromatic rings. The van der Waals surface area contributed by atoms with E-state index in [0.29, 0.717) is 21.4 Å². The van der Waals surface area contributed by atoms with Gasteiger partial charge in [0.2, 0.25) is 0 Å². The zero-order chi connectivity index (χ0) is 11.9. The maximum Gasteiger partial charge on any atom is 0.0595 e. The van der Waals surface area contributed by atoms with Gasteiger partial charge in [0.1, 0.15) is 0 Å². The van der Waals surface area contributed by atoms with Crippen LogP contribution in [0.25, 0.3) is 0 Å². The largest absolute Gasteiger partial charge is 0.122 e. The molecular formula is C13H15Cl3. The molecular weight excluding hydrogens is 263 g/mol. The Morgan fingerprint density at radius 2 is 1.94 bits per heavy atom. The Labute approximate surface area is 112 Å². The van der Waals surface area contributed by atoms with E-state index < -0.39 is 0 Å². The molecule has 0 spiro atoms. The lowest BCUT2D eigenvalue weighted by molar-refractivity contribution is 0.538. The average Bonchev–Trinajstić information content (AvgIpc) is 2.82. The molecule has 3 heteroatoms. The van der Waals surface area contributed by atoms with Crippen molar-refractivity contribution in [2.24, 2.45) is 11.3 Å². The van der Waals surface area contributed by atoms with Gasteiger partial charge in [-0.1, -0.05) is 43.1 Å². The first-order chi connectivity index (χ1) is 7.40. The summed E-state index contributed by atoms with van der Waals surface area (Å²) in [4.78, 5) is 0. The van der Waals surface area contributed by atoms with E-state index in [1.54, 1.807) is 0 Å². The lowest BCUT2D eigenvalue weighted by Crippen LogP contribution is -2.09. The van der Waals surface area contributed by atoms with E-state index in [2.05, 4.69) is 13.8 Å². The molecule has 0 heterocycles. The van der Waals surface area contributed by atoms with Crippen molar-refractivity contribution < 1.29 is 0 Å². The highest BCUT2D eigenvalue weighted by molar-refractivity contribution is 6.42. The van der Waals surface area contributed by atoms with Crippen molar-refractivity contribution in [3.8, 4) is 0 Å². The van der Waals surface area contributed by atoms with Gasteiger partial charge in [-0.2, -0.15) is 0 Å². The summed E-state index contributed by atoms with van der Waals surface area (Å²) in [5, 5.41) is 1.41. The van der Waals surface area contributed by atoms with E-state index in [0.717, 1.165) is 12.0 Å². The van der Waals surface area contributed by atoms with Gasteiger partial charge in [-0.25, -0.2) is 0 Å². The lowest BCUT2D eigenvalue weighted by atomic mass is 10.0. The van der Waals surface area contributed by atoms with Gasteiger partial charge < -0.3 is 0 Å². The van der Waals surface area contributed by atoms with Gasteiger partial charge in [-0.05, 0) is 41.9 Å². The minimum atomic E-state index is 0.201. The highest BCUT2D eigenvalue weighted by atomic mass is 35.5. The van der Waals surface area contributed by atoms with Crippen molar-refractivity contribution >= 4 is 34.8 Å². The van der Waals surface area contributed by atoms with Gasteiger partial charge >= 0.3 is 0 Å². The molecule has 0 saturated heterocycles. The van der Waals surface area contributed by atoms with Gasteiger partial charge in [0.25, 0.3) is 0 Å². The number of rotatable bonds is 3. The quantitative estimate of drug-likeness (QED) is 0.667. The Hall–Kier alpha value is 0.0900. The molecule has 0 bridgehead atoms. The van der Waals surface area contributed by atoms with Gasteiger partial charge in [-0.15, -0.1) is 11.6 Å². The Kier molecular flexibility index (Phi) is 3.45. The first-order valence-electron chi connectivity index (χ1n) is 5.48. The van der Waals surface area contributed by atoms with Crippen molar-refractivity contribution in [3.05, 3.63) is 33.8 Å². The summed E-state index contributed by atoms with van der Waals surface area (Å²) in [6.45, 7) is 4.53. The summed E-state index contributed by atoms with van der Waals surface area (Å²) in [6.07, 6.45) is 2.09. The van der Waals surface area contributed by atoms with Crippen LogP contribution in [0.2, 0.25) is 10.0 Å². The minimum absolute atomic E-state index is 0.201. The van der Waals surface area contributed by atoms with Crippen LogP contribution in [-0.2, 0) is 6.42 Å². The van der Waals surface area contributed by atoms with Gasteiger partial charge in [-0.3, -0.25) is 0 Å². The molecule has 0 radical (unpaired) electrons. The summed E-state index contributed by atoms with van der Waals surface area (Å²) in [5.74, 6) is 0.628. The van der Waals surface area contributed by atoms with Crippen molar-refractivity contribution in [2.75, 3.05) is 0 Å². The van der Waals surface area contributed by atoms with Crippen LogP contribution in [0.3, 0.4) is 0 Å². The van der Waals surface area contributed by atoms with E-state index in [9.17, 15) is 0 Å². The number of hydrogen-bond donors (Lipinski definition) is 0. The second kappa shape index (κ2) is 4.40. The van der Waals surface area contributed by atoms with E-state index in [-0.39, 0.29) is 5.38 Å². The van der Waals surface area contributed by atoms with Crippen molar-refractivity contribution in [3.63, 3.8) is 0 Å². The van der Waals surface area contributed by atoms with Crippen LogP contribution < -0.4 is 0 Å². The van der Waals surface area contributed by atoms with E-state index >= 15 is 0 Å². The minimum Gasteiger partial charge on any atom is -0.122 e. The van der Waals surface area contributed by atoms with Crippen LogP contribution in [-0.4, -0.2) is 5.38 Å². The SMILES string of the molecule is CC1(C)CC1C(Cl)Cc1ccc(Cl)c(Cl)c1. The maximum atomic E-state index is 6.41. The molecule has 88 valence electrons. The summed E-state index contributed by atoms with van der Waals surface area (Å²) >= 11 is 18.3. The molecule has 1 saturated carbocycles. The van der Waals surface area contributed by atoms with Crippen molar-refractivity contribution in [1.29, 1.82) is 0 Å². The third-order valence-electron chi connectivity index (χ3n) is 3.44. The second-order valence-corrected chi connectivity index (χ2v) is 6.64. The monoisotopic (exact) mass is 276 g/mol. The fraction of sp³-hybridized carbons (Fsp3) is 0.538. The van der Waals surface area contributed by atoms with Crippen LogP contribution in [0.1, 0.15) is 25.8 Å². The standard InChI is InChI=1S/C13H15Cl3/c1-13(2)7-9(13)11(15)5-8-3-4-10(14)12(16)6-8/h3-4,6,9,11H,5,7H2,1-2H3. The number of alkyl halides is 1. The van der Waals surface area contributed by atoms with Crippen LogP contribution in [0.15, 0.2) is 18.2 Å². The smallest absolute Gasteiger partial charge is 0.0595 e. The van der Waals surface area contributed by atoms with Crippen molar-refractivity contribution in [1.82, 2.24) is 0 Å². The topological polar surface area (TPSA) is 0 Å². The predicted octanol–water partition coefficient (Wildman–Crippen LogP) is 5.19. The van der Waals surface area contributed by atoms with Crippen LogP contribution in [0.4, 0.5) is 0 Å². The Morgan fingerprint density at radius 1 is 1.31 bits per heavy atom. The molecule has 0 aromatic heterocycles. The number of halogens is 3. The molecule has 1 aliphatic rings. The van der Waals surface area contributed by atoms with Crippen LogP contribution >= 0.6 is 34.8 Å². The maximum absolute atomic E-state index is 6.41. The molecule has 0 amide bonds. The second-order valence-electron chi connectivity index (χ2n) is 5.27. The Morgan fingerprint density at radius 3 is 2.44 bits per heavy atom. The summed E-state index contributed by atoms with van der Waals surface area (Å²) < 4.78 is 0. The molecule has 16 heavy (non-hydrogen) atoms. The third kappa shape index (κ3) is 2.67. The molecule has 2 atom stereocenters. The molecule has 0 N–H and O–H groups in total. The summed E-state index contributed by atoms with van der Waals surface area (Å²) in [6, 6.07) is 5.74. The third-order valence-corrected chi connectivity index (χ3v) is 4.64. The molecule has 1 fully saturated rings. The highest BCUT2D eigenvalue weighted by Gasteiger charge is 2.49. The Bertz CT molecular complexity index is 398. The predicted molar refractivity (Wildman–Crippen MR) is 71.7 cm³/mol. The van der Waals surface area contributed by atoms with Gasteiger partial charge in [0.15, 0.2) is 0 Å². The fourth-order valence-corrected chi connectivity index (χ4v) is 3.09. The van der Waals surface area contributed by atoms with Crippen molar-refractivity contribution in [2.45, 2.75) is 32.1 Å².